The molecule has 1 N–H and O–H groups in total. The maximum absolute atomic E-state index is 3.70. The molecule has 0 amide bonds. The van der Waals surface area contributed by atoms with Crippen LogP contribution in [0.3, 0.4) is 0 Å². The molecule has 2 nitrogen and oxygen atoms in total. The monoisotopic (exact) mass is 242 g/mol. The van der Waals surface area contributed by atoms with Gasteiger partial charge in [-0.3, -0.25) is 4.90 Å². The maximum Gasteiger partial charge on any atom is 0.0197 e. The van der Waals surface area contributed by atoms with Gasteiger partial charge in [0.15, 0.2) is 0 Å². The van der Waals surface area contributed by atoms with Gasteiger partial charge in [0.25, 0.3) is 0 Å². The molecule has 0 aromatic carbocycles. The number of hydrogen-bond acceptors (Lipinski definition) is 3. The molecule has 0 radical (unpaired) electrons. The summed E-state index contributed by atoms with van der Waals surface area (Å²) in [6, 6.07) is 2.24. The Labute approximate surface area is 105 Å². The van der Waals surface area contributed by atoms with Crippen molar-refractivity contribution in [1.29, 1.82) is 0 Å². The van der Waals surface area contributed by atoms with Crippen LogP contribution in [0, 0.1) is 0 Å². The van der Waals surface area contributed by atoms with Gasteiger partial charge in [0.1, 0.15) is 0 Å². The highest BCUT2D eigenvalue weighted by Crippen LogP contribution is 2.24. The Morgan fingerprint density at radius 2 is 2.12 bits per heavy atom. The smallest absolute Gasteiger partial charge is 0.0197 e. The van der Waals surface area contributed by atoms with E-state index in [9.17, 15) is 0 Å². The minimum atomic E-state index is 0.630. The summed E-state index contributed by atoms with van der Waals surface area (Å²) in [7, 11) is 0. The van der Waals surface area contributed by atoms with Crippen molar-refractivity contribution in [3.05, 3.63) is 0 Å². The largest absolute Gasteiger partial charge is 0.311 e. The van der Waals surface area contributed by atoms with Crippen LogP contribution in [0.4, 0.5) is 0 Å². The second-order valence-corrected chi connectivity index (χ2v) is 6.68. The van der Waals surface area contributed by atoms with Crippen LogP contribution in [0.15, 0.2) is 0 Å². The Morgan fingerprint density at radius 1 is 1.25 bits per heavy atom. The highest BCUT2D eigenvalue weighted by atomic mass is 32.2. The van der Waals surface area contributed by atoms with Crippen LogP contribution in [0.2, 0.25) is 0 Å². The summed E-state index contributed by atoms with van der Waals surface area (Å²) >= 11 is 2.15. The predicted octanol–water partition coefficient (Wildman–Crippen LogP) is 2.34. The first-order valence-corrected chi connectivity index (χ1v) is 7.99. The fourth-order valence-electron chi connectivity index (χ4n) is 2.96. The van der Waals surface area contributed by atoms with E-state index in [-0.39, 0.29) is 0 Å². The zero-order valence-electron chi connectivity index (χ0n) is 10.7. The van der Waals surface area contributed by atoms with E-state index >= 15 is 0 Å². The quantitative estimate of drug-likeness (QED) is 0.818. The lowest BCUT2D eigenvalue weighted by molar-refractivity contribution is 0.137. The molecule has 3 heteroatoms. The average Bonchev–Trinajstić information content (AvgIpc) is 2.30. The van der Waals surface area contributed by atoms with Crippen LogP contribution in [0.25, 0.3) is 0 Å². The summed E-state index contributed by atoms with van der Waals surface area (Å²) in [4.78, 5) is 2.75. The highest BCUT2D eigenvalue weighted by Gasteiger charge is 2.27. The summed E-state index contributed by atoms with van der Waals surface area (Å²) < 4.78 is 0. The second-order valence-electron chi connectivity index (χ2n) is 5.53. The number of likely N-dealkylation sites (tertiary alicyclic amines) is 1. The SMILES string of the molecule is CC(C)NC1CCCN(C2CCCSC2)C1. The minimum absolute atomic E-state index is 0.630. The van der Waals surface area contributed by atoms with E-state index in [2.05, 4.69) is 35.8 Å². The van der Waals surface area contributed by atoms with Gasteiger partial charge in [-0.1, -0.05) is 13.8 Å². The summed E-state index contributed by atoms with van der Waals surface area (Å²) in [5, 5.41) is 3.70. The Kier molecular flexibility index (Phi) is 4.98. The normalized spacial score (nSPS) is 33.2. The van der Waals surface area contributed by atoms with Gasteiger partial charge in [0.2, 0.25) is 0 Å². The predicted molar refractivity (Wildman–Crippen MR) is 73.2 cm³/mol. The van der Waals surface area contributed by atoms with Gasteiger partial charge in [-0.05, 0) is 38.0 Å². The Morgan fingerprint density at radius 3 is 2.81 bits per heavy atom. The Bertz CT molecular complexity index is 202. The topological polar surface area (TPSA) is 15.3 Å². The van der Waals surface area contributed by atoms with Crippen LogP contribution >= 0.6 is 11.8 Å². The van der Waals surface area contributed by atoms with Gasteiger partial charge in [0.05, 0.1) is 0 Å². The summed E-state index contributed by atoms with van der Waals surface area (Å²) in [5.74, 6) is 2.76. The first-order chi connectivity index (χ1) is 7.75. The number of nitrogens with one attached hydrogen (secondary N) is 1. The standard InChI is InChI=1S/C13H26N2S/c1-11(2)14-12-5-3-7-15(9-12)13-6-4-8-16-10-13/h11-14H,3-10H2,1-2H3. The van der Waals surface area contributed by atoms with Crippen LogP contribution < -0.4 is 5.32 Å². The van der Waals surface area contributed by atoms with E-state index in [1.165, 1.54) is 50.3 Å². The lowest BCUT2D eigenvalue weighted by Gasteiger charge is -2.40. The fraction of sp³-hybridized carbons (Fsp3) is 1.00. The summed E-state index contributed by atoms with van der Waals surface area (Å²) in [6.07, 6.45) is 5.61. The molecule has 16 heavy (non-hydrogen) atoms. The maximum atomic E-state index is 3.70. The van der Waals surface area contributed by atoms with Crippen molar-refractivity contribution >= 4 is 11.8 Å². The molecule has 2 fully saturated rings. The Balaban J connectivity index is 1.80. The lowest BCUT2D eigenvalue weighted by atomic mass is 10.0. The van der Waals surface area contributed by atoms with Gasteiger partial charge < -0.3 is 5.32 Å². The third-order valence-corrected chi connectivity index (χ3v) is 4.87. The van der Waals surface area contributed by atoms with Crippen LogP contribution in [-0.4, -0.2) is 47.6 Å². The third kappa shape index (κ3) is 3.64. The minimum Gasteiger partial charge on any atom is -0.311 e. The number of rotatable bonds is 3. The molecule has 0 aromatic rings. The van der Waals surface area contributed by atoms with E-state index in [0.29, 0.717) is 6.04 Å². The molecule has 2 atom stereocenters. The van der Waals surface area contributed by atoms with Crippen LogP contribution in [0.5, 0.6) is 0 Å². The van der Waals surface area contributed by atoms with E-state index in [4.69, 9.17) is 0 Å². The summed E-state index contributed by atoms with van der Waals surface area (Å²) in [6.45, 7) is 7.13. The highest BCUT2D eigenvalue weighted by molar-refractivity contribution is 7.99. The van der Waals surface area contributed by atoms with Crippen molar-refractivity contribution in [2.24, 2.45) is 0 Å². The van der Waals surface area contributed by atoms with Crippen molar-refractivity contribution in [2.75, 3.05) is 24.6 Å². The molecule has 2 saturated heterocycles. The van der Waals surface area contributed by atoms with Crippen LogP contribution in [0.1, 0.15) is 39.5 Å². The van der Waals surface area contributed by atoms with Gasteiger partial charge in [0, 0.05) is 30.4 Å². The van der Waals surface area contributed by atoms with E-state index in [1.807, 2.05) is 0 Å². The zero-order chi connectivity index (χ0) is 11.4. The van der Waals surface area contributed by atoms with E-state index in [0.717, 1.165) is 12.1 Å². The van der Waals surface area contributed by atoms with Gasteiger partial charge in [-0.15, -0.1) is 0 Å². The zero-order valence-corrected chi connectivity index (χ0v) is 11.6. The van der Waals surface area contributed by atoms with Crippen molar-refractivity contribution in [2.45, 2.75) is 57.7 Å². The molecular formula is C13H26N2S. The van der Waals surface area contributed by atoms with Gasteiger partial charge >= 0.3 is 0 Å². The lowest BCUT2D eigenvalue weighted by Crippen LogP contribution is -2.52. The molecular weight excluding hydrogens is 216 g/mol. The number of thioether (sulfide) groups is 1. The first kappa shape index (κ1) is 12.7. The van der Waals surface area contributed by atoms with Gasteiger partial charge in [-0.25, -0.2) is 0 Å². The molecule has 0 bridgehead atoms. The molecule has 0 aliphatic carbocycles. The van der Waals surface area contributed by atoms with Gasteiger partial charge in [-0.2, -0.15) is 11.8 Å². The Hall–Kier alpha value is 0.270. The van der Waals surface area contributed by atoms with E-state index in [1.54, 1.807) is 0 Å². The van der Waals surface area contributed by atoms with Crippen molar-refractivity contribution in [1.82, 2.24) is 10.2 Å². The average molecular weight is 242 g/mol. The third-order valence-electron chi connectivity index (χ3n) is 3.67. The number of nitrogens with zero attached hydrogens (tertiary/aromatic N) is 1. The molecule has 0 saturated carbocycles. The van der Waals surface area contributed by atoms with E-state index < -0.39 is 0 Å². The number of hydrogen-bond donors (Lipinski definition) is 1. The molecule has 94 valence electrons. The van der Waals surface area contributed by atoms with Crippen molar-refractivity contribution in [3.8, 4) is 0 Å². The molecule has 2 rings (SSSR count). The first-order valence-electron chi connectivity index (χ1n) is 6.83. The van der Waals surface area contributed by atoms with Crippen molar-refractivity contribution < 1.29 is 0 Å². The van der Waals surface area contributed by atoms with Crippen LogP contribution in [-0.2, 0) is 0 Å². The summed E-state index contributed by atoms with van der Waals surface area (Å²) in [5.41, 5.74) is 0. The molecule has 0 spiro atoms. The fourth-order valence-corrected chi connectivity index (χ4v) is 4.14. The molecule has 2 heterocycles. The molecule has 2 aliphatic rings. The molecule has 2 aliphatic heterocycles. The van der Waals surface area contributed by atoms with Crippen molar-refractivity contribution in [3.63, 3.8) is 0 Å². The number of piperidine rings is 1. The second kappa shape index (κ2) is 6.27. The molecule has 0 aromatic heterocycles. The molecule has 2 unspecified atom stereocenters.